The van der Waals surface area contributed by atoms with Crippen molar-refractivity contribution in [3.05, 3.63) is 29.3 Å². The molecule has 1 aromatic carbocycles. The summed E-state index contributed by atoms with van der Waals surface area (Å²) in [6, 6.07) is 6.38. The van der Waals surface area contributed by atoms with Crippen LogP contribution in [0.1, 0.15) is 48.0 Å². The van der Waals surface area contributed by atoms with Crippen molar-refractivity contribution in [3.63, 3.8) is 0 Å². The number of nitrogens with zero attached hydrogens (tertiary/aromatic N) is 1. The Balaban J connectivity index is 2.18. The van der Waals surface area contributed by atoms with Gasteiger partial charge >= 0.3 is 0 Å². The molecule has 19 heavy (non-hydrogen) atoms. The van der Waals surface area contributed by atoms with Gasteiger partial charge in [0.05, 0.1) is 5.56 Å². The number of rotatable bonds is 3. The molecule has 0 bridgehead atoms. The molecule has 3 heteroatoms. The van der Waals surface area contributed by atoms with Crippen LogP contribution in [-0.2, 0) is 0 Å². The maximum Gasteiger partial charge on any atom is 0.255 e. The largest absolute Gasteiger partial charge is 0.387 e. The zero-order valence-electron chi connectivity index (χ0n) is 12.2. The smallest absolute Gasteiger partial charge is 0.255 e. The quantitative estimate of drug-likeness (QED) is 0.903. The number of amides is 1. The van der Waals surface area contributed by atoms with Gasteiger partial charge in [0, 0.05) is 25.8 Å². The van der Waals surface area contributed by atoms with Crippen LogP contribution in [0.25, 0.3) is 0 Å². The molecule has 0 heterocycles. The van der Waals surface area contributed by atoms with Gasteiger partial charge in [-0.1, -0.05) is 25.3 Å². The average molecular weight is 260 g/mol. The summed E-state index contributed by atoms with van der Waals surface area (Å²) in [5.74, 6) is 0.135. The van der Waals surface area contributed by atoms with Crippen molar-refractivity contribution in [2.24, 2.45) is 0 Å². The number of carbonyl (C=O) groups excluding carboxylic acids is 1. The maximum atomic E-state index is 12.6. The fourth-order valence-electron chi connectivity index (χ4n) is 2.88. The SMILES string of the molecule is CNc1cc(C)ccc1C(=O)N(C)C1CCCCC1. The van der Waals surface area contributed by atoms with E-state index in [0.29, 0.717) is 6.04 Å². The molecule has 0 spiro atoms. The summed E-state index contributed by atoms with van der Waals surface area (Å²) >= 11 is 0. The molecule has 0 unspecified atom stereocenters. The second-order valence-corrected chi connectivity index (χ2v) is 5.51. The first-order valence-corrected chi connectivity index (χ1v) is 7.19. The number of hydrogen-bond acceptors (Lipinski definition) is 2. The maximum absolute atomic E-state index is 12.6. The van der Waals surface area contributed by atoms with Crippen molar-refractivity contribution in [3.8, 4) is 0 Å². The van der Waals surface area contributed by atoms with E-state index in [-0.39, 0.29) is 5.91 Å². The summed E-state index contributed by atoms with van der Waals surface area (Å²) in [7, 11) is 3.81. The molecule has 104 valence electrons. The van der Waals surface area contributed by atoms with Crippen LogP contribution in [0.2, 0.25) is 0 Å². The Hall–Kier alpha value is -1.51. The molecular weight excluding hydrogens is 236 g/mol. The van der Waals surface area contributed by atoms with Crippen molar-refractivity contribution in [2.75, 3.05) is 19.4 Å². The van der Waals surface area contributed by atoms with Gasteiger partial charge in [-0.05, 0) is 37.5 Å². The molecule has 1 N–H and O–H groups in total. The first-order chi connectivity index (χ1) is 9.13. The van der Waals surface area contributed by atoms with Gasteiger partial charge in [0.15, 0.2) is 0 Å². The third-order valence-corrected chi connectivity index (χ3v) is 4.12. The summed E-state index contributed by atoms with van der Waals surface area (Å²) in [5, 5.41) is 3.13. The van der Waals surface area contributed by atoms with E-state index in [1.165, 1.54) is 24.8 Å². The van der Waals surface area contributed by atoms with E-state index in [4.69, 9.17) is 0 Å². The predicted molar refractivity (Wildman–Crippen MR) is 79.7 cm³/mol. The molecule has 1 amide bonds. The minimum atomic E-state index is 0.135. The van der Waals surface area contributed by atoms with E-state index in [9.17, 15) is 4.79 Å². The zero-order chi connectivity index (χ0) is 13.8. The number of aryl methyl sites for hydroxylation is 1. The number of carbonyl (C=O) groups is 1. The van der Waals surface area contributed by atoms with Crippen molar-refractivity contribution in [2.45, 2.75) is 45.1 Å². The summed E-state index contributed by atoms with van der Waals surface area (Å²) in [5.41, 5.74) is 2.87. The Morgan fingerprint density at radius 3 is 2.58 bits per heavy atom. The van der Waals surface area contributed by atoms with Gasteiger partial charge in [0.1, 0.15) is 0 Å². The number of nitrogens with one attached hydrogen (secondary N) is 1. The van der Waals surface area contributed by atoms with Gasteiger partial charge in [0.2, 0.25) is 0 Å². The van der Waals surface area contributed by atoms with Gasteiger partial charge in [0.25, 0.3) is 5.91 Å². The lowest BCUT2D eigenvalue weighted by atomic mass is 9.94. The lowest BCUT2D eigenvalue weighted by molar-refractivity contribution is 0.0697. The summed E-state index contributed by atoms with van der Waals surface area (Å²) in [4.78, 5) is 14.6. The average Bonchev–Trinajstić information content (AvgIpc) is 2.46. The molecule has 1 aliphatic carbocycles. The third-order valence-electron chi connectivity index (χ3n) is 4.12. The molecule has 1 saturated carbocycles. The highest BCUT2D eigenvalue weighted by molar-refractivity contribution is 5.99. The van der Waals surface area contributed by atoms with Crippen LogP contribution >= 0.6 is 0 Å². The van der Waals surface area contributed by atoms with Crippen LogP contribution in [0.5, 0.6) is 0 Å². The molecule has 2 rings (SSSR count). The van der Waals surface area contributed by atoms with E-state index < -0.39 is 0 Å². The Bertz CT molecular complexity index is 450. The van der Waals surface area contributed by atoms with Gasteiger partial charge < -0.3 is 10.2 Å². The van der Waals surface area contributed by atoms with E-state index in [2.05, 4.69) is 5.32 Å². The van der Waals surface area contributed by atoms with Crippen LogP contribution in [0.3, 0.4) is 0 Å². The van der Waals surface area contributed by atoms with E-state index in [1.807, 2.05) is 44.1 Å². The minimum Gasteiger partial charge on any atom is -0.387 e. The molecular formula is C16H24N2O. The minimum absolute atomic E-state index is 0.135. The van der Waals surface area contributed by atoms with Crippen LogP contribution < -0.4 is 5.32 Å². The summed E-state index contributed by atoms with van der Waals surface area (Å²) in [6.45, 7) is 2.04. The van der Waals surface area contributed by atoms with Crippen LogP contribution in [0, 0.1) is 6.92 Å². The summed E-state index contributed by atoms with van der Waals surface area (Å²) < 4.78 is 0. The van der Waals surface area contributed by atoms with Crippen molar-refractivity contribution >= 4 is 11.6 Å². The van der Waals surface area contributed by atoms with Crippen molar-refractivity contribution in [1.82, 2.24) is 4.90 Å². The number of hydrogen-bond donors (Lipinski definition) is 1. The highest BCUT2D eigenvalue weighted by Crippen LogP contribution is 2.25. The van der Waals surface area contributed by atoms with Crippen LogP contribution in [0.4, 0.5) is 5.69 Å². The molecule has 3 nitrogen and oxygen atoms in total. The third kappa shape index (κ3) is 3.09. The van der Waals surface area contributed by atoms with Crippen LogP contribution in [-0.4, -0.2) is 30.9 Å². The van der Waals surface area contributed by atoms with Gasteiger partial charge in [-0.3, -0.25) is 4.79 Å². The molecule has 0 aromatic heterocycles. The van der Waals surface area contributed by atoms with Crippen molar-refractivity contribution < 1.29 is 4.79 Å². The molecule has 1 aromatic rings. The fraction of sp³-hybridized carbons (Fsp3) is 0.562. The highest BCUT2D eigenvalue weighted by atomic mass is 16.2. The lowest BCUT2D eigenvalue weighted by Gasteiger charge is -2.31. The Morgan fingerprint density at radius 1 is 1.26 bits per heavy atom. The number of benzene rings is 1. The topological polar surface area (TPSA) is 32.3 Å². The van der Waals surface area contributed by atoms with Gasteiger partial charge in [-0.2, -0.15) is 0 Å². The monoisotopic (exact) mass is 260 g/mol. The standard InChI is InChI=1S/C16H24N2O/c1-12-9-10-14(15(11-12)17-2)16(19)18(3)13-7-5-4-6-8-13/h9-11,13,17H,4-8H2,1-3H3. The second kappa shape index (κ2) is 6.09. The molecule has 1 fully saturated rings. The molecule has 0 aliphatic heterocycles. The molecule has 0 radical (unpaired) electrons. The fourth-order valence-corrected chi connectivity index (χ4v) is 2.88. The zero-order valence-corrected chi connectivity index (χ0v) is 12.2. The molecule has 0 atom stereocenters. The Kier molecular flexibility index (Phi) is 4.46. The normalized spacial score (nSPS) is 16.2. The molecule has 0 saturated heterocycles. The Labute approximate surface area is 116 Å². The van der Waals surface area contributed by atoms with Gasteiger partial charge in [-0.25, -0.2) is 0 Å². The second-order valence-electron chi connectivity index (χ2n) is 5.51. The van der Waals surface area contributed by atoms with Gasteiger partial charge in [-0.15, -0.1) is 0 Å². The van der Waals surface area contributed by atoms with Crippen molar-refractivity contribution in [1.29, 1.82) is 0 Å². The van der Waals surface area contributed by atoms with E-state index >= 15 is 0 Å². The Morgan fingerprint density at radius 2 is 1.95 bits per heavy atom. The summed E-state index contributed by atoms with van der Waals surface area (Å²) in [6.07, 6.45) is 6.08. The van der Waals surface area contributed by atoms with Crippen LogP contribution in [0.15, 0.2) is 18.2 Å². The highest BCUT2D eigenvalue weighted by Gasteiger charge is 2.24. The number of anilines is 1. The first kappa shape index (κ1) is 13.9. The predicted octanol–water partition coefficient (Wildman–Crippen LogP) is 3.44. The lowest BCUT2D eigenvalue weighted by Crippen LogP contribution is -2.38. The molecule has 1 aliphatic rings. The van der Waals surface area contributed by atoms with E-state index in [1.54, 1.807) is 0 Å². The first-order valence-electron chi connectivity index (χ1n) is 7.19. The van der Waals surface area contributed by atoms with E-state index in [0.717, 1.165) is 24.1 Å².